The number of hydrogen-bond donors (Lipinski definition) is 2. The van der Waals surface area contributed by atoms with Gasteiger partial charge in [0.1, 0.15) is 11.5 Å². The summed E-state index contributed by atoms with van der Waals surface area (Å²) in [4.78, 5) is 15.5. The van der Waals surface area contributed by atoms with Crippen LogP contribution in [0.1, 0.15) is 50.5 Å². The highest BCUT2D eigenvalue weighted by atomic mass is 28.4. The first-order valence-electron chi connectivity index (χ1n) is 8.30. The van der Waals surface area contributed by atoms with Crippen LogP contribution in [0.4, 0.5) is 5.82 Å². The number of rotatable bonds is 5. The van der Waals surface area contributed by atoms with E-state index >= 15 is 0 Å². The van der Waals surface area contributed by atoms with Crippen molar-refractivity contribution in [2.75, 3.05) is 5.32 Å². The normalized spacial score (nSPS) is 22.1. The van der Waals surface area contributed by atoms with E-state index in [9.17, 15) is 4.79 Å². The van der Waals surface area contributed by atoms with E-state index in [4.69, 9.17) is 10.2 Å². The summed E-state index contributed by atoms with van der Waals surface area (Å²) in [6.45, 7) is 11.4. The van der Waals surface area contributed by atoms with Gasteiger partial charge in [-0.1, -0.05) is 26.8 Å². The minimum Gasteiger partial charge on any atom is -0.414 e. The van der Waals surface area contributed by atoms with E-state index in [0.29, 0.717) is 23.7 Å². The van der Waals surface area contributed by atoms with Crippen molar-refractivity contribution in [1.82, 2.24) is 4.98 Å². The Balaban J connectivity index is 1.93. The van der Waals surface area contributed by atoms with Gasteiger partial charge in [-0.15, -0.1) is 0 Å². The van der Waals surface area contributed by atoms with E-state index in [1.165, 1.54) is 0 Å². The summed E-state index contributed by atoms with van der Waals surface area (Å²) in [5, 5.41) is 3.64. The molecule has 3 N–H and O–H groups in total. The van der Waals surface area contributed by atoms with E-state index in [2.05, 4.69) is 44.2 Å². The van der Waals surface area contributed by atoms with Gasteiger partial charge in [0.25, 0.3) is 5.91 Å². The molecule has 1 heterocycles. The number of primary amides is 1. The molecule has 5 nitrogen and oxygen atoms in total. The number of nitrogens with two attached hydrogens (primary N) is 1. The second-order valence-corrected chi connectivity index (χ2v) is 12.7. The quantitative estimate of drug-likeness (QED) is 0.807. The Labute approximate surface area is 140 Å². The lowest BCUT2D eigenvalue weighted by molar-refractivity contribution is 0.0995. The number of hydrogen-bond acceptors (Lipinski definition) is 4. The van der Waals surface area contributed by atoms with Crippen molar-refractivity contribution in [3.05, 3.63) is 23.9 Å². The van der Waals surface area contributed by atoms with Gasteiger partial charge in [0.2, 0.25) is 0 Å². The third-order valence-electron chi connectivity index (χ3n) is 5.01. The molecule has 1 aliphatic rings. The fourth-order valence-corrected chi connectivity index (χ4v) is 4.03. The number of aromatic nitrogens is 1. The van der Waals surface area contributed by atoms with Crippen molar-refractivity contribution in [3.8, 4) is 0 Å². The predicted molar refractivity (Wildman–Crippen MR) is 96.1 cm³/mol. The molecule has 1 aromatic rings. The lowest BCUT2D eigenvalue weighted by atomic mass is 10.2. The fourth-order valence-electron chi connectivity index (χ4n) is 2.63. The Morgan fingerprint density at radius 1 is 1.35 bits per heavy atom. The number of carbonyl (C=O) groups is 1. The third-order valence-corrected chi connectivity index (χ3v) is 9.54. The van der Waals surface area contributed by atoms with Crippen molar-refractivity contribution in [2.24, 2.45) is 5.73 Å². The average Bonchev–Trinajstić information content (AvgIpc) is 2.84. The van der Waals surface area contributed by atoms with Gasteiger partial charge in [0.05, 0.1) is 0 Å². The SMILES string of the molecule is CC(C)(C)[Si](C)(C)O[C@H]1CC[C@@H](Nc2cccc(C(N)=O)n2)C1. The van der Waals surface area contributed by atoms with Crippen molar-refractivity contribution in [1.29, 1.82) is 0 Å². The molecule has 1 saturated carbocycles. The van der Waals surface area contributed by atoms with E-state index in [-0.39, 0.29) is 5.04 Å². The summed E-state index contributed by atoms with van der Waals surface area (Å²) in [6.07, 6.45) is 3.42. The van der Waals surface area contributed by atoms with E-state index in [1.54, 1.807) is 12.1 Å². The highest BCUT2D eigenvalue weighted by molar-refractivity contribution is 6.74. The number of pyridine rings is 1. The second-order valence-electron chi connectivity index (χ2n) is 7.93. The number of amides is 1. The van der Waals surface area contributed by atoms with Crippen LogP contribution in [0.2, 0.25) is 18.1 Å². The van der Waals surface area contributed by atoms with Crippen LogP contribution < -0.4 is 11.1 Å². The zero-order chi connectivity index (χ0) is 17.3. The van der Waals surface area contributed by atoms with Crippen LogP contribution in [-0.2, 0) is 4.43 Å². The Morgan fingerprint density at radius 2 is 2.04 bits per heavy atom. The first-order valence-corrected chi connectivity index (χ1v) is 11.2. The Bertz CT molecular complexity index is 569. The Morgan fingerprint density at radius 3 is 2.65 bits per heavy atom. The van der Waals surface area contributed by atoms with Crippen LogP contribution in [0.25, 0.3) is 0 Å². The molecule has 0 aromatic carbocycles. The molecule has 1 aromatic heterocycles. The fraction of sp³-hybridized carbons (Fsp3) is 0.647. The highest BCUT2D eigenvalue weighted by Crippen LogP contribution is 2.39. The van der Waals surface area contributed by atoms with Gasteiger partial charge in [-0.3, -0.25) is 4.79 Å². The molecular formula is C17H29N3O2Si. The average molecular weight is 336 g/mol. The number of anilines is 1. The molecule has 2 rings (SSSR count). The van der Waals surface area contributed by atoms with E-state index < -0.39 is 14.2 Å². The van der Waals surface area contributed by atoms with Crippen molar-refractivity contribution in [3.63, 3.8) is 0 Å². The first-order chi connectivity index (χ1) is 10.6. The number of carbonyl (C=O) groups excluding carboxylic acids is 1. The Hall–Kier alpha value is -1.40. The molecule has 128 valence electrons. The van der Waals surface area contributed by atoms with Crippen molar-refractivity contribution in [2.45, 2.75) is 70.3 Å². The van der Waals surface area contributed by atoms with E-state index in [1.807, 2.05) is 6.07 Å². The van der Waals surface area contributed by atoms with Gasteiger partial charge in [-0.25, -0.2) is 4.98 Å². The maximum absolute atomic E-state index is 11.2. The summed E-state index contributed by atoms with van der Waals surface area (Å²) in [5.74, 6) is 0.207. The molecule has 23 heavy (non-hydrogen) atoms. The van der Waals surface area contributed by atoms with Crippen LogP contribution in [-0.4, -0.2) is 31.4 Å². The zero-order valence-electron chi connectivity index (χ0n) is 14.8. The number of nitrogens with zero attached hydrogens (tertiary/aromatic N) is 1. The van der Waals surface area contributed by atoms with Gasteiger partial charge >= 0.3 is 0 Å². The molecule has 0 bridgehead atoms. The smallest absolute Gasteiger partial charge is 0.267 e. The van der Waals surface area contributed by atoms with Crippen molar-refractivity contribution < 1.29 is 9.22 Å². The summed E-state index contributed by atoms with van der Waals surface area (Å²) in [5.41, 5.74) is 5.57. The summed E-state index contributed by atoms with van der Waals surface area (Å²) in [7, 11) is -1.72. The van der Waals surface area contributed by atoms with Crippen LogP contribution in [0.5, 0.6) is 0 Å². The van der Waals surface area contributed by atoms with Crippen LogP contribution in [0, 0.1) is 0 Å². The molecule has 0 radical (unpaired) electrons. The van der Waals surface area contributed by atoms with E-state index in [0.717, 1.165) is 19.3 Å². The lowest BCUT2D eigenvalue weighted by Crippen LogP contribution is -2.43. The van der Waals surface area contributed by atoms with Gasteiger partial charge in [-0.05, 0) is 49.5 Å². The highest BCUT2D eigenvalue weighted by Gasteiger charge is 2.40. The molecule has 0 aliphatic heterocycles. The van der Waals surface area contributed by atoms with Crippen molar-refractivity contribution >= 4 is 20.0 Å². The Kier molecular flexibility index (Phi) is 5.16. The van der Waals surface area contributed by atoms with Gasteiger partial charge in [0.15, 0.2) is 8.32 Å². The van der Waals surface area contributed by atoms with Gasteiger partial charge in [0, 0.05) is 12.1 Å². The summed E-state index contributed by atoms with van der Waals surface area (Å²) >= 11 is 0. The minimum atomic E-state index is -1.72. The maximum atomic E-state index is 11.2. The van der Waals surface area contributed by atoms with Gasteiger partial charge < -0.3 is 15.5 Å². The number of nitrogens with one attached hydrogen (secondary N) is 1. The minimum absolute atomic E-state index is 0.232. The molecule has 0 spiro atoms. The monoisotopic (exact) mass is 335 g/mol. The summed E-state index contributed by atoms with van der Waals surface area (Å²) in [6, 6.07) is 5.63. The lowest BCUT2D eigenvalue weighted by Gasteiger charge is -2.38. The third kappa shape index (κ3) is 4.54. The molecule has 1 aliphatic carbocycles. The largest absolute Gasteiger partial charge is 0.414 e. The molecule has 1 fully saturated rings. The summed E-state index contributed by atoms with van der Waals surface area (Å²) < 4.78 is 6.50. The van der Waals surface area contributed by atoms with Crippen LogP contribution in [0.3, 0.4) is 0 Å². The van der Waals surface area contributed by atoms with Crippen LogP contribution >= 0.6 is 0 Å². The van der Waals surface area contributed by atoms with Gasteiger partial charge in [-0.2, -0.15) is 0 Å². The zero-order valence-corrected chi connectivity index (χ0v) is 15.8. The molecule has 6 heteroatoms. The standard InChI is InChI=1S/C17H29N3O2Si/c1-17(2,3)23(4,5)22-13-10-9-12(11-13)19-15-8-6-7-14(20-15)16(18)21/h6-8,12-13H,9-11H2,1-5H3,(H2,18,21)(H,19,20)/t12-,13+/m1/s1. The molecule has 2 atom stereocenters. The predicted octanol–water partition coefficient (Wildman–Crippen LogP) is 3.54. The molecule has 1 amide bonds. The molecule has 0 unspecified atom stereocenters. The maximum Gasteiger partial charge on any atom is 0.267 e. The van der Waals surface area contributed by atoms with Crippen LogP contribution in [0.15, 0.2) is 18.2 Å². The second kappa shape index (κ2) is 6.61. The molecular weight excluding hydrogens is 306 g/mol. The first kappa shape index (κ1) is 17.9. The molecule has 0 saturated heterocycles. The topological polar surface area (TPSA) is 77.2 Å².